The number of hydrogen-bond acceptors (Lipinski definition) is 4. The van der Waals surface area contributed by atoms with Crippen molar-refractivity contribution in [1.82, 2.24) is 19.7 Å². The maximum atomic E-state index is 13.0. The molecule has 0 atom stereocenters. The van der Waals surface area contributed by atoms with E-state index < -0.39 is 6.09 Å². The SMILES string of the molecule is CC(C)N(C(=O)Oc1nn(-c2cccnc2)c2c1-c1ccc(Cl)cc1CC2)C(C)C.Cl. The molecule has 2 heterocycles. The zero-order valence-electron chi connectivity index (χ0n) is 18.0. The molecule has 6 nitrogen and oxygen atoms in total. The molecule has 0 spiro atoms. The maximum absolute atomic E-state index is 13.0. The summed E-state index contributed by atoms with van der Waals surface area (Å²) in [5.74, 6) is 0.313. The van der Waals surface area contributed by atoms with E-state index in [4.69, 9.17) is 21.4 Å². The maximum Gasteiger partial charge on any atom is 0.417 e. The van der Waals surface area contributed by atoms with Crippen molar-refractivity contribution in [3.63, 3.8) is 0 Å². The van der Waals surface area contributed by atoms with E-state index in [1.807, 2.05) is 62.7 Å². The van der Waals surface area contributed by atoms with Crippen LogP contribution in [0, 0.1) is 0 Å². The molecular weight excluding hydrogens is 435 g/mol. The van der Waals surface area contributed by atoms with Crippen LogP contribution in [0.25, 0.3) is 16.8 Å². The lowest BCUT2D eigenvalue weighted by Crippen LogP contribution is -2.43. The molecule has 8 heteroatoms. The molecule has 0 bridgehead atoms. The van der Waals surface area contributed by atoms with Crippen molar-refractivity contribution in [1.29, 1.82) is 0 Å². The summed E-state index contributed by atoms with van der Waals surface area (Å²) in [6.07, 6.45) is 4.68. The van der Waals surface area contributed by atoms with Crippen LogP contribution < -0.4 is 4.74 Å². The quantitative estimate of drug-likeness (QED) is 0.498. The fourth-order valence-electron chi connectivity index (χ4n) is 4.12. The van der Waals surface area contributed by atoms with E-state index in [-0.39, 0.29) is 24.5 Å². The smallest absolute Gasteiger partial charge is 0.389 e. The first-order valence-electron chi connectivity index (χ1n) is 10.2. The predicted octanol–water partition coefficient (Wildman–Crippen LogP) is 5.73. The van der Waals surface area contributed by atoms with Gasteiger partial charge in [-0.2, -0.15) is 0 Å². The predicted molar refractivity (Wildman–Crippen MR) is 125 cm³/mol. The molecule has 0 fully saturated rings. The van der Waals surface area contributed by atoms with E-state index in [0.717, 1.165) is 40.9 Å². The average molecular weight is 461 g/mol. The highest BCUT2D eigenvalue weighted by molar-refractivity contribution is 6.30. The number of rotatable bonds is 4. The fraction of sp³-hybridized carbons (Fsp3) is 0.348. The summed E-state index contributed by atoms with van der Waals surface area (Å²) < 4.78 is 7.72. The molecule has 0 aliphatic heterocycles. The van der Waals surface area contributed by atoms with E-state index in [1.165, 1.54) is 0 Å². The lowest BCUT2D eigenvalue weighted by Gasteiger charge is -2.29. The van der Waals surface area contributed by atoms with Crippen LogP contribution in [0.5, 0.6) is 5.88 Å². The number of carbonyl (C=O) groups excluding carboxylic acids is 1. The number of pyridine rings is 1. The molecular formula is C23H26Cl2N4O2. The lowest BCUT2D eigenvalue weighted by atomic mass is 9.89. The number of aryl methyl sites for hydroxylation is 1. The van der Waals surface area contributed by atoms with Crippen LogP contribution in [0.15, 0.2) is 42.7 Å². The van der Waals surface area contributed by atoms with Gasteiger partial charge in [-0.3, -0.25) is 4.98 Å². The molecule has 1 aliphatic rings. The summed E-state index contributed by atoms with van der Waals surface area (Å²) in [5, 5.41) is 5.39. The van der Waals surface area contributed by atoms with Gasteiger partial charge >= 0.3 is 6.09 Å². The van der Waals surface area contributed by atoms with Crippen molar-refractivity contribution in [2.75, 3.05) is 0 Å². The molecule has 4 rings (SSSR count). The van der Waals surface area contributed by atoms with Crippen LogP contribution >= 0.6 is 24.0 Å². The second-order valence-corrected chi connectivity index (χ2v) is 8.45. The van der Waals surface area contributed by atoms with Crippen LogP contribution in [0.3, 0.4) is 0 Å². The Morgan fingerprint density at radius 3 is 2.55 bits per heavy atom. The van der Waals surface area contributed by atoms with Gasteiger partial charge in [0.25, 0.3) is 5.88 Å². The molecule has 1 aliphatic carbocycles. The zero-order chi connectivity index (χ0) is 21.4. The number of hydrogen-bond donors (Lipinski definition) is 0. The van der Waals surface area contributed by atoms with Gasteiger partial charge < -0.3 is 9.64 Å². The Kier molecular flexibility index (Phi) is 6.92. The number of amides is 1. The third-order valence-electron chi connectivity index (χ3n) is 5.31. The second-order valence-electron chi connectivity index (χ2n) is 8.01. The van der Waals surface area contributed by atoms with Crippen LogP contribution in [0.1, 0.15) is 39.0 Å². The van der Waals surface area contributed by atoms with E-state index in [2.05, 4.69) is 4.98 Å². The highest BCUT2D eigenvalue weighted by atomic mass is 35.5. The van der Waals surface area contributed by atoms with Crippen molar-refractivity contribution in [3.05, 3.63) is 59.0 Å². The molecule has 1 aromatic carbocycles. The summed E-state index contributed by atoms with van der Waals surface area (Å²) in [6, 6.07) is 9.64. The number of carbonyl (C=O) groups is 1. The van der Waals surface area contributed by atoms with Gasteiger partial charge in [-0.05, 0) is 75.9 Å². The summed E-state index contributed by atoms with van der Waals surface area (Å²) in [6.45, 7) is 7.90. The molecule has 0 saturated carbocycles. The Balaban J connectivity index is 0.00000272. The largest absolute Gasteiger partial charge is 0.417 e. The minimum atomic E-state index is -0.403. The summed E-state index contributed by atoms with van der Waals surface area (Å²) >= 11 is 6.22. The standard InChI is InChI=1S/C23H25ClN4O2.ClH/c1-14(2)27(15(3)4)23(29)30-22-21-19-9-8-17(24)12-16(19)7-10-20(21)28(26-22)18-6-5-11-25-13-18;/h5-6,8-9,11-15H,7,10H2,1-4H3;1H. The molecule has 0 unspecified atom stereocenters. The van der Waals surface area contributed by atoms with Gasteiger partial charge in [-0.15, -0.1) is 17.5 Å². The first-order chi connectivity index (χ1) is 14.4. The molecule has 0 N–H and O–H groups in total. The number of halogens is 2. The summed E-state index contributed by atoms with van der Waals surface area (Å²) in [7, 11) is 0. The van der Waals surface area contributed by atoms with E-state index >= 15 is 0 Å². The Labute approximate surface area is 193 Å². The van der Waals surface area contributed by atoms with Crippen LogP contribution in [-0.4, -0.2) is 37.8 Å². The van der Waals surface area contributed by atoms with Crippen molar-refractivity contribution >= 4 is 30.1 Å². The molecule has 2 aromatic heterocycles. The summed E-state index contributed by atoms with van der Waals surface area (Å²) in [4.78, 5) is 18.9. The third-order valence-corrected chi connectivity index (χ3v) is 5.55. The van der Waals surface area contributed by atoms with Gasteiger partial charge in [-0.1, -0.05) is 17.7 Å². The topological polar surface area (TPSA) is 60.3 Å². The van der Waals surface area contributed by atoms with E-state index in [1.54, 1.807) is 17.3 Å². The number of ether oxygens (including phenoxy) is 1. The summed E-state index contributed by atoms with van der Waals surface area (Å²) in [5.41, 5.74) is 4.80. The number of fused-ring (bicyclic) bond motifs is 3. The molecule has 31 heavy (non-hydrogen) atoms. The minimum absolute atomic E-state index is 0. The monoisotopic (exact) mass is 460 g/mol. The Morgan fingerprint density at radius 2 is 1.90 bits per heavy atom. The molecule has 1 amide bonds. The average Bonchev–Trinajstić information content (AvgIpc) is 3.06. The second kappa shape index (κ2) is 9.28. The zero-order valence-corrected chi connectivity index (χ0v) is 19.6. The Hall–Kier alpha value is -2.57. The van der Waals surface area contributed by atoms with Crippen molar-refractivity contribution in [2.24, 2.45) is 0 Å². The van der Waals surface area contributed by atoms with Gasteiger partial charge in [0.2, 0.25) is 0 Å². The highest BCUT2D eigenvalue weighted by Gasteiger charge is 2.30. The van der Waals surface area contributed by atoms with Gasteiger partial charge in [0.15, 0.2) is 0 Å². The molecule has 164 valence electrons. The normalized spacial score (nSPS) is 12.2. The first kappa shape index (κ1) is 23.1. The van der Waals surface area contributed by atoms with Gasteiger partial charge in [0, 0.05) is 23.3 Å². The highest BCUT2D eigenvalue weighted by Crippen LogP contribution is 2.41. The van der Waals surface area contributed by atoms with E-state index in [0.29, 0.717) is 10.9 Å². The van der Waals surface area contributed by atoms with Gasteiger partial charge in [-0.25, -0.2) is 9.48 Å². The minimum Gasteiger partial charge on any atom is -0.389 e. The fourth-order valence-corrected chi connectivity index (χ4v) is 4.31. The van der Waals surface area contributed by atoms with Crippen LogP contribution in [0.2, 0.25) is 5.02 Å². The lowest BCUT2D eigenvalue weighted by molar-refractivity contribution is 0.121. The van der Waals surface area contributed by atoms with Crippen molar-refractivity contribution < 1.29 is 9.53 Å². The number of aromatic nitrogens is 3. The van der Waals surface area contributed by atoms with E-state index in [9.17, 15) is 4.79 Å². The van der Waals surface area contributed by atoms with Crippen molar-refractivity contribution in [3.8, 4) is 22.7 Å². The molecule has 0 radical (unpaired) electrons. The van der Waals surface area contributed by atoms with Crippen LogP contribution in [0.4, 0.5) is 4.79 Å². The Morgan fingerprint density at radius 1 is 1.16 bits per heavy atom. The first-order valence-corrected chi connectivity index (χ1v) is 10.6. The third kappa shape index (κ3) is 4.41. The Bertz CT molecular complexity index is 1070. The number of nitrogens with zero attached hydrogens (tertiary/aromatic N) is 4. The van der Waals surface area contributed by atoms with Crippen LogP contribution in [-0.2, 0) is 12.8 Å². The number of benzene rings is 1. The molecule has 3 aromatic rings. The van der Waals surface area contributed by atoms with Gasteiger partial charge in [0.05, 0.1) is 23.1 Å². The molecule has 0 saturated heterocycles. The van der Waals surface area contributed by atoms with Gasteiger partial charge in [0.1, 0.15) is 0 Å². The van der Waals surface area contributed by atoms with Crippen molar-refractivity contribution in [2.45, 2.75) is 52.6 Å².